The Balaban J connectivity index is 2.67. The van der Waals surface area contributed by atoms with E-state index in [1.807, 2.05) is 20.1 Å². The van der Waals surface area contributed by atoms with E-state index < -0.39 is 11.3 Å². The SMILES string of the molecule is CSc1sc(C(=O)N(C)C)c2c1C(=O)C(C=O)C(C)(C)C2. The van der Waals surface area contributed by atoms with Gasteiger partial charge in [0.25, 0.3) is 5.91 Å². The summed E-state index contributed by atoms with van der Waals surface area (Å²) in [6, 6.07) is 0. The van der Waals surface area contributed by atoms with Crippen molar-refractivity contribution >= 4 is 41.1 Å². The van der Waals surface area contributed by atoms with Gasteiger partial charge in [-0.25, -0.2) is 0 Å². The van der Waals surface area contributed by atoms with Gasteiger partial charge in [0.05, 0.1) is 15.0 Å². The monoisotopic (exact) mass is 325 g/mol. The molecule has 0 aliphatic heterocycles. The quantitative estimate of drug-likeness (QED) is 0.487. The van der Waals surface area contributed by atoms with Crippen molar-refractivity contribution in [1.82, 2.24) is 4.90 Å². The van der Waals surface area contributed by atoms with Crippen LogP contribution in [0.1, 0.15) is 39.4 Å². The van der Waals surface area contributed by atoms with Gasteiger partial charge in [-0.1, -0.05) is 13.8 Å². The fourth-order valence-corrected chi connectivity index (χ4v) is 4.79. The maximum atomic E-state index is 12.7. The molecule has 0 fully saturated rings. The molecule has 1 heterocycles. The lowest BCUT2D eigenvalue weighted by Gasteiger charge is -2.34. The summed E-state index contributed by atoms with van der Waals surface area (Å²) in [5.74, 6) is -0.854. The third-order valence-electron chi connectivity index (χ3n) is 3.90. The van der Waals surface area contributed by atoms with E-state index in [1.54, 1.807) is 14.1 Å². The molecule has 114 valence electrons. The molecule has 4 nitrogen and oxygen atoms in total. The molecule has 0 N–H and O–H groups in total. The second kappa shape index (κ2) is 5.57. The molecular weight excluding hydrogens is 306 g/mol. The Morgan fingerprint density at radius 3 is 2.52 bits per heavy atom. The van der Waals surface area contributed by atoms with Crippen molar-refractivity contribution in [1.29, 1.82) is 0 Å². The molecule has 6 heteroatoms. The number of fused-ring (bicyclic) bond motifs is 1. The number of thiophene rings is 1. The van der Waals surface area contributed by atoms with Crippen LogP contribution in [0.2, 0.25) is 0 Å². The highest BCUT2D eigenvalue weighted by molar-refractivity contribution is 8.00. The molecule has 0 radical (unpaired) electrons. The number of carbonyl (C=O) groups excluding carboxylic acids is 3. The number of ketones is 1. The number of amides is 1. The van der Waals surface area contributed by atoms with E-state index in [-0.39, 0.29) is 11.7 Å². The second-order valence-electron chi connectivity index (χ2n) is 6.12. The van der Waals surface area contributed by atoms with Crippen LogP contribution >= 0.6 is 23.1 Å². The second-order valence-corrected chi connectivity index (χ2v) is 8.21. The lowest BCUT2D eigenvalue weighted by Crippen LogP contribution is -2.39. The molecule has 0 aromatic carbocycles. The van der Waals surface area contributed by atoms with E-state index in [0.29, 0.717) is 16.9 Å². The van der Waals surface area contributed by atoms with Crippen molar-refractivity contribution in [3.8, 4) is 0 Å². The Labute approximate surface area is 132 Å². The Bertz CT molecular complexity index is 617. The molecule has 0 saturated carbocycles. The highest BCUT2D eigenvalue weighted by Crippen LogP contribution is 2.46. The molecule has 1 aromatic rings. The minimum atomic E-state index is -0.632. The predicted octanol–water partition coefficient (Wildman–Crippen LogP) is 2.75. The van der Waals surface area contributed by atoms with Crippen LogP contribution in [-0.4, -0.2) is 43.2 Å². The van der Waals surface area contributed by atoms with E-state index in [2.05, 4.69) is 0 Å². The van der Waals surface area contributed by atoms with E-state index >= 15 is 0 Å². The number of carbonyl (C=O) groups is 3. The Kier molecular flexibility index (Phi) is 4.31. The van der Waals surface area contributed by atoms with Crippen molar-refractivity contribution in [3.63, 3.8) is 0 Å². The minimum Gasteiger partial charge on any atom is -0.344 e. The first-order valence-corrected chi connectivity index (χ1v) is 8.69. The maximum absolute atomic E-state index is 12.7. The minimum absolute atomic E-state index is 0.0790. The van der Waals surface area contributed by atoms with Crippen LogP contribution in [0.4, 0.5) is 0 Å². The van der Waals surface area contributed by atoms with Crippen LogP contribution in [0.3, 0.4) is 0 Å². The van der Waals surface area contributed by atoms with Gasteiger partial charge in [-0.3, -0.25) is 9.59 Å². The number of Topliss-reactive ketones (excluding diaryl/α,β-unsaturated/α-hetero) is 1. The standard InChI is InChI=1S/C15H19NO3S2/c1-15(2)6-8-10(11(18)9(15)7-17)14(20-5)21-12(8)13(19)16(3)4/h7,9H,6H2,1-5H3. The number of hydrogen-bond donors (Lipinski definition) is 0. The normalized spacial score (nSPS) is 20.0. The molecule has 0 saturated heterocycles. The Morgan fingerprint density at radius 1 is 1.43 bits per heavy atom. The molecule has 1 unspecified atom stereocenters. The van der Waals surface area contributed by atoms with Crippen molar-refractivity contribution in [2.45, 2.75) is 24.5 Å². The smallest absolute Gasteiger partial charge is 0.263 e. The molecule has 0 bridgehead atoms. The fraction of sp³-hybridized carbons (Fsp3) is 0.533. The topological polar surface area (TPSA) is 54.5 Å². The zero-order valence-electron chi connectivity index (χ0n) is 12.9. The fourth-order valence-electron chi connectivity index (χ4n) is 2.70. The van der Waals surface area contributed by atoms with E-state index in [1.165, 1.54) is 28.0 Å². The number of rotatable bonds is 3. The van der Waals surface area contributed by atoms with Crippen molar-refractivity contribution in [2.75, 3.05) is 20.4 Å². The summed E-state index contributed by atoms with van der Waals surface area (Å²) < 4.78 is 0.836. The van der Waals surface area contributed by atoms with Crippen molar-refractivity contribution < 1.29 is 14.4 Å². The van der Waals surface area contributed by atoms with Gasteiger partial charge in [-0.05, 0) is 23.7 Å². The largest absolute Gasteiger partial charge is 0.344 e. The zero-order chi connectivity index (χ0) is 15.9. The first-order chi connectivity index (χ1) is 9.74. The summed E-state index contributed by atoms with van der Waals surface area (Å²) in [6.07, 6.45) is 3.21. The highest BCUT2D eigenvalue weighted by atomic mass is 32.2. The van der Waals surface area contributed by atoms with Gasteiger partial charge in [-0.2, -0.15) is 0 Å². The van der Waals surface area contributed by atoms with E-state index in [4.69, 9.17) is 0 Å². The van der Waals surface area contributed by atoms with Crippen LogP contribution in [0.25, 0.3) is 0 Å². The number of thioether (sulfide) groups is 1. The van der Waals surface area contributed by atoms with Gasteiger partial charge in [-0.15, -0.1) is 23.1 Å². The molecule has 1 amide bonds. The van der Waals surface area contributed by atoms with Crippen LogP contribution in [0.5, 0.6) is 0 Å². The van der Waals surface area contributed by atoms with Gasteiger partial charge in [0.15, 0.2) is 5.78 Å². The van der Waals surface area contributed by atoms with Gasteiger partial charge < -0.3 is 9.69 Å². The van der Waals surface area contributed by atoms with Crippen LogP contribution in [-0.2, 0) is 11.2 Å². The molecule has 1 aromatic heterocycles. The number of aldehydes is 1. The lowest BCUT2D eigenvalue weighted by atomic mass is 9.67. The molecule has 1 atom stereocenters. The van der Waals surface area contributed by atoms with E-state index in [9.17, 15) is 14.4 Å². The lowest BCUT2D eigenvalue weighted by molar-refractivity contribution is -0.112. The molecule has 2 rings (SSSR count). The van der Waals surface area contributed by atoms with Crippen LogP contribution in [0, 0.1) is 11.3 Å². The summed E-state index contributed by atoms with van der Waals surface area (Å²) in [5, 5.41) is 0. The first-order valence-electron chi connectivity index (χ1n) is 6.65. The molecule has 21 heavy (non-hydrogen) atoms. The third kappa shape index (κ3) is 2.55. The molecule has 1 aliphatic rings. The number of nitrogens with zero attached hydrogens (tertiary/aromatic N) is 1. The average Bonchev–Trinajstić information content (AvgIpc) is 2.75. The van der Waals surface area contributed by atoms with Gasteiger partial charge in [0.2, 0.25) is 0 Å². The van der Waals surface area contributed by atoms with Crippen LogP contribution < -0.4 is 0 Å². The molecule has 1 aliphatic carbocycles. The molecule has 0 spiro atoms. The summed E-state index contributed by atoms with van der Waals surface area (Å²) in [6.45, 7) is 3.82. The van der Waals surface area contributed by atoms with Gasteiger partial charge in [0, 0.05) is 19.7 Å². The highest BCUT2D eigenvalue weighted by Gasteiger charge is 2.45. The van der Waals surface area contributed by atoms with Crippen molar-refractivity contribution in [2.24, 2.45) is 11.3 Å². The summed E-state index contributed by atoms with van der Waals surface area (Å²) >= 11 is 2.82. The summed E-state index contributed by atoms with van der Waals surface area (Å²) in [4.78, 5) is 38.5. The average molecular weight is 325 g/mol. The summed E-state index contributed by atoms with van der Waals surface area (Å²) in [7, 11) is 3.41. The third-order valence-corrected chi connectivity index (χ3v) is 6.24. The van der Waals surface area contributed by atoms with Gasteiger partial charge >= 0.3 is 0 Å². The number of hydrogen-bond acceptors (Lipinski definition) is 5. The Hall–Kier alpha value is -1.14. The zero-order valence-corrected chi connectivity index (χ0v) is 14.5. The first kappa shape index (κ1) is 16.2. The van der Waals surface area contributed by atoms with Crippen molar-refractivity contribution in [3.05, 3.63) is 16.0 Å². The summed E-state index contributed by atoms with van der Waals surface area (Å²) in [5.41, 5.74) is 0.953. The maximum Gasteiger partial charge on any atom is 0.263 e. The molecular formula is C15H19NO3S2. The Morgan fingerprint density at radius 2 is 2.05 bits per heavy atom. The van der Waals surface area contributed by atoms with E-state index in [0.717, 1.165) is 16.1 Å². The predicted molar refractivity (Wildman–Crippen MR) is 85.5 cm³/mol. The van der Waals surface area contributed by atoms with Crippen LogP contribution in [0.15, 0.2) is 4.21 Å². The van der Waals surface area contributed by atoms with Gasteiger partial charge in [0.1, 0.15) is 6.29 Å².